The number of carbonyl (C=O) groups excluding carboxylic acids is 3. The van der Waals surface area contributed by atoms with E-state index in [0.717, 1.165) is 0 Å². The minimum Gasteiger partial charge on any atom is -0.371 e. The molecule has 2 heterocycles. The third-order valence-corrected chi connectivity index (χ3v) is 5.27. The van der Waals surface area contributed by atoms with Crippen LogP contribution in [0.25, 0.3) is 11.6 Å². The molecule has 31 heavy (non-hydrogen) atoms. The van der Waals surface area contributed by atoms with Gasteiger partial charge in [-0.2, -0.15) is 0 Å². The first kappa shape index (κ1) is 22.4. The van der Waals surface area contributed by atoms with Gasteiger partial charge in [-0.05, 0) is 64.0 Å². The number of Topliss-reactive ketones (excluding diaryl/α,β-unsaturated/α-hetero) is 1. The monoisotopic (exact) mass is 427 g/mol. The Balaban J connectivity index is 1.79. The minimum atomic E-state index is -0.541. The molecule has 0 saturated heterocycles. The van der Waals surface area contributed by atoms with Gasteiger partial charge in [-0.15, -0.1) is 0 Å². The van der Waals surface area contributed by atoms with Crippen LogP contribution >= 0.6 is 0 Å². The maximum Gasteiger partial charge on any atom is 0.256 e. The zero-order valence-corrected chi connectivity index (χ0v) is 18.0. The van der Waals surface area contributed by atoms with E-state index in [1.165, 1.54) is 25.1 Å². The summed E-state index contributed by atoms with van der Waals surface area (Å²) < 4.78 is 19.1. The highest BCUT2D eigenvalue weighted by Crippen LogP contribution is 2.34. The van der Waals surface area contributed by atoms with Gasteiger partial charge in [0.15, 0.2) is 5.78 Å². The highest BCUT2D eigenvalue weighted by atomic mass is 19.1. The van der Waals surface area contributed by atoms with Gasteiger partial charge in [0, 0.05) is 35.8 Å². The lowest BCUT2D eigenvalue weighted by Crippen LogP contribution is -2.31. The fourth-order valence-electron chi connectivity index (χ4n) is 3.72. The molecule has 1 aromatic heterocycles. The molecule has 3 N–H and O–H groups in total. The normalized spacial score (nSPS) is 15.0. The van der Waals surface area contributed by atoms with Crippen molar-refractivity contribution in [2.45, 2.75) is 40.2 Å². The van der Waals surface area contributed by atoms with Crippen LogP contribution in [0.1, 0.15) is 53.1 Å². The van der Waals surface area contributed by atoms with Crippen molar-refractivity contribution in [1.82, 2.24) is 10.3 Å². The Morgan fingerprint density at radius 2 is 2.03 bits per heavy atom. The first-order valence-electron chi connectivity index (χ1n) is 10.1. The quantitative estimate of drug-likeness (QED) is 0.562. The lowest BCUT2D eigenvalue weighted by atomic mass is 10.0. The third-order valence-electron chi connectivity index (χ3n) is 5.27. The number of amides is 2. The second kappa shape index (κ2) is 9.26. The topological polar surface area (TPSA) is 100 Å². The van der Waals surface area contributed by atoms with Crippen molar-refractivity contribution in [3.8, 4) is 0 Å². The predicted octanol–water partition coefficient (Wildman–Crippen LogP) is 3.38. The Bertz CT molecular complexity index is 1070. The molecule has 0 aliphatic carbocycles. The number of nitrogens with one attached hydrogen (secondary N) is 3. The maximum absolute atomic E-state index is 13.7. The van der Waals surface area contributed by atoms with Gasteiger partial charge in [0.25, 0.3) is 11.8 Å². The fourth-order valence-corrected chi connectivity index (χ4v) is 3.72. The number of aromatic nitrogens is 1. The molecule has 164 valence electrons. The molecule has 3 rings (SSSR count). The van der Waals surface area contributed by atoms with Crippen LogP contribution in [0.3, 0.4) is 0 Å². The van der Waals surface area contributed by atoms with Gasteiger partial charge in [0.1, 0.15) is 11.9 Å². The van der Waals surface area contributed by atoms with Gasteiger partial charge < -0.3 is 20.4 Å². The summed E-state index contributed by atoms with van der Waals surface area (Å²) in [6.45, 7) is 7.54. The van der Waals surface area contributed by atoms with Crippen LogP contribution in [0.4, 0.5) is 10.1 Å². The zero-order chi connectivity index (χ0) is 22.7. The van der Waals surface area contributed by atoms with Crippen molar-refractivity contribution >= 4 is 34.9 Å². The van der Waals surface area contributed by atoms with E-state index < -0.39 is 11.9 Å². The zero-order valence-electron chi connectivity index (χ0n) is 18.0. The Morgan fingerprint density at radius 1 is 1.29 bits per heavy atom. The van der Waals surface area contributed by atoms with Crippen molar-refractivity contribution in [3.05, 3.63) is 52.1 Å². The van der Waals surface area contributed by atoms with E-state index in [1.807, 2.05) is 6.92 Å². The van der Waals surface area contributed by atoms with Crippen LogP contribution in [-0.4, -0.2) is 41.8 Å². The molecular formula is C23H26FN3O4. The minimum absolute atomic E-state index is 0.0782. The lowest BCUT2D eigenvalue weighted by Gasteiger charge is -2.14. The van der Waals surface area contributed by atoms with Gasteiger partial charge in [0.2, 0.25) is 0 Å². The standard InChI is InChI=1S/C23H26FN3O4/c1-5-31-20(14(4)28)8-9-25-23(30)21-12(2)19(26-13(21)3)11-17-16-10-15(24)6-7-18(16)27-22(17)29/h6-7,10-11,20,26H,5,8-9H2,1-4H3,(H,25,30)(H,27,29)/b17-11-. The van der Waals surface area contributed by atoms with E-state index in [9.17, 15) is 18.8 Å². The summed E-state index contributed by atoms with van der Waals surface area (Å²) in [7, 11) is 0. The number of carbonyl (C=O) groups is 3. The number of aromatic amines is 1. The molecule has 0 bridgehead atoms. The lowest BCUT2D eigenvalue weighted by molar-refractivity contribution is -0.128. The average Bonchev–Trinajstić information content (AvgIpc) is 3.16. The van der Waals surface area contributed by atoms with Gasteiger partial charge in [-0.3, -0.25) is 14.4 Å². The molecule has 0 fully saturated rings. The van der Waals surface area contributed by atoms with Crippen molar-refractivity contribution in [2.24, 2.45) is 0 Å². The number of anilines is 1. The Kier molecular flexibility index (Phi) is 6.70. The Labute approximate surface area is 180 Å². The summed E-state index contributed by atoms with van der Waals surface area (Å²) in [5.74, 6) is -1.12. The molecule has 1 aliphatic rings. The van der Waals surface area contributed by atoms with Gasteiger partial charge in [-0.25, -0.2) is 4.39 Å². The Hall–Kier alpha value is -3.26. The SMILES string of the molecule is CCOC(CCNC(=O)c1c(C)[nH]c(/C=C2\C(=O)Nc3ccc(F)cc32)c1C)C(C)=O. The molecule has 0 spiro atoms. The number of ether oxygens (including phenoxy) is 1. The number of hydrogen-bond donors (Lipinski definition) is 3. The smallest absolute Gasteiger partial charge is 0.256 e. The van der Waals surface area contributed by atoms with Gasteiger partial charge in [0.05, 0.1) is 11.1 Å². The van der Waals surface area contributed by atoms with E-state index in [-0.39, 0.29) is 17.6 Å². The summed E-state index contributed by atoms with van der Waals surface area (Å²) in [5.41, 5.74) is 3.74. The number of rotatable bonds is 8. The van der Waals surface area contributed by atoms with Crippen molar-refractivity contribution in [2.75, 3.05) is 18.5 Å². The molecular weight excluding hydrogens is 401 g/mol. The second-order valence-corrected chi connectivity index (χ2v) is 7.46. The van der Waals surface area contributed by atoms with Crippen LogP contribution in [0.5, 0.6) is 0 Å². The maximum atomic E-state index is 13.7. The van der Waals surface area contributed by atoms with Crippen molar-refractivity contribution < 1.29 is 23.5 Å². The largest absolute Gasteiger partial charge is 0.371 e. The number of ketones is 1. The summed E-state index contributed by atoms with van der Waals surface area (Å²) in [5, 5.41) is 5.53. The van der Waals surface area contributed by atoms with Crippen LogP contribution in [0.15, 0.2) is 18.2 Å². The number of hydrogen-bond acceptors (Lipinski definition) is 4. The molecule has 0 saturated carbocycles. The van der Waals surface area contributed by atoms with E-state index in [0.29, 0.717) is 58.9 Å². The first-order valence-corrected chi connectivity index (χ1v) is 10.1. The average molecular weight is 427 g/mol. The number of fused-ring (bicyclic) bond motifs is 1. The number of H-pyrrole nitrogens is 1. The molecule has 0 radical (unpaired) electrons. The third kappa shape index (κ3) is 4.74. The summed E-state index contributed by atoms with van der Waals surface area (Å²) in [6, 6.07) is 4.12. The van der Waals surface area contributed by atoms with Crippen LogP contribution < -0.4 is 10.6 Å². The Morgan fingerprint density at radius 3 is 2.71 bits per heavy atom. The molecule has 7 nitrogen and oxygen atoms in total. The van der Waals surface area contributed by atoms with E-state index >= 15 is 0 Å². The van der Waals surface area contributed by atoms with Gasteiger partial charge >= 0.3 is 0 Å². The fraction of sp³-hybridized carbons (Fsp3) is 0.348. The highest BCUT2D eigenvalue weighted by Gasteiger charge is 2.26. The summed E-state index contributed by atoms with van der Waals surface area (Å²) >= 11 is 0. The van der Waals surface area contributed by atoms with Crippen molar-refractivity contribution in [3.63, 3.8) is 0 Å². The van der Waals surface area contributed by atoms with Crippen LogP contribution in [-0.2, 0) is 14.3 Å². The predicted molar refractivity (Wildman–Crippen MR) is 116 cm³/mol. The second-order valence-electron chi connectivity index (χ2n) is 7.46. The molecule has 1 aromatic carbocycles. The summed E-state index contributed by atoms with van der Waals surface area (Å²) in [4.78, 5) is 39.8. The van der Waals surface area contributed by atoms with Crippen LogP contribution in [0.2, 0.25) is 0 Å². The summed E-state index contributed by atoms with van der Waals surface area (Å²) in [6.07, 6.45) is 1.47. The molecule has 2 amide bonds. The van der Waals surface area contributed by atoms with Crippen LogP contribution in [0, 0.1) is 19.7 Å². The molecule has 8 heteroatoms. The van der Waals surface area contributed by atoms with Gasteiger partial charge in [-0.1, -0.05) is 0 Å². The number of benzene rings is 1. The van der Waals surface area contributed by atoms with E-state index in [1.54, 1.807) is 19.9 Å². The highest BCUT2D eigenvalue weighted by molar-refractivity contribution is 6.34. The van der Waals surface area contributed by atoms with E-state index in [4.69, 9.17) is 4.74 Å². The molecule has 2 aromatic rings. The first-order chi connectivity index (χ1) is 14.7. The molecule has 1 atom stereocenters. The molecule has 1 aliphatic heterocycles. The molecule has 1 unspecified atom stereocenters. The van der Waals surface area contributed by atoms with E-state index in [2.05, 4.69) is 15.6 Å². The number of halogens is 1. The number of aryl methyl sites for hydroxylation is 1. The van der Waals surface area contributed by atoms with Crippen molar-refractivity contribution in [1.29, 1.82) is 0 Å².